The van der Waals surface area contributed by atoms with Gasteiger partial charge in [-0.05, 0) is 19.1 Å². The molecule has 10 nitrogen and oxygen atoms in total. The predicted molar refractivity (Wildman–Crippen MR) is 121 cm³/mol. The summed E-state index contributed by atoms with van der Waals surface area (Å²) in [5.74, 6) is 0.775. The first-order valence-corrected chi connectivity index (χ1v) is 11.2. The lowest BCUT2D eigenvalue weighted by atomic mass is 10.3. The van der Waals surface area contributed by atoms with Gasteiger partial charge in [0.25, 0.3) is 5.91 Å². The van der Waals surface area contributed by atoms with E-state index in [1.54, 1.807) is 16.9 Å². The molecule has 5 rings (SSSR count). The molecule has 0 bridgehead atoms. The van der Waals surface area contributed by atoms with E-state index in [0.717, 1.165) is 28.8 Å². The van der Waals surface area contributed by atoms with Crippen LogP contribution in [0.3, 0.4) is 0 Å². The normalized spacial score (nSPS) is 15.9. The van der Waals surface area contributed by atoms with Crippen LogP contribution in [0.4, 0.5) is 11.6 Å². The van der Waals surface area contributed by atoms with E-state index in [1.807, 2.05) is 42.4 Å². The number of fused-ring (bicyclic) bond motifs is 1. The minimum Gasteiger partial charge on any atom is -0.470 e. The van der Waals surface area contributed by atoms with Gasteiger partial charge in [-0.25, -0.2) is 4.98 Å². The average molecular weight is 454 g/mol. The van der Waals surface area contributed by atoms with E-state index >= 15 is 0 Å². The molecule has 1 unspecified atom stereocenters. The molecule has 4 aromatic heterocycles. The summed E-state index contributed by atoms with van der Waals surface area (Å²) in [5, 5.41) is 12.1. The van der Waals surface area contributed by atoms with Crippen LogP contribution in [0.15, 0.2) is 36.1 Å². The van der Waals surface area contributed by atoms with Crippen LogP contribution in [0.2, 0.25) is 0 Å². The first-order valence-electron chi connectivity index (χ1n) is 10.4. The predicted octanol–water partition coefficient (Wildman–Crippen LogP) is 2.88. The molecule has 1 aliphatic rings. The number of carbonyl (C=O) groups excluding carboxylic acids is 1. The minimum absolute atomic E-state index is 0.0660. The number of anilines is 2. The van der Waals surface area contributed by atoms with E-state index in [1.165, 1.54) is 11.3 Å². The van der Waals surface area contributed by atoms with Gasteiger partial charge in [0.05, 0.1) is 41.2 Å². The summed E-state index contributed by atoms with van der Waals surface area (Å²) in [5.41, 5.74) is 3.14. The summed E-state index contributed by atoms with van der Waals surface area (Å²) >= 11 is 1.36. The molecular weight excluding hydrogens is 430 g/mol. The molecule has 0 aliphatic carbocycles. The minimum atomic E-state index is -0.0966. The van der Waals surface area contributed by atoms with E-state index in [-0.39, 0.29) is 12.0 Å². The smallest absolute Gasteiger partial charge is 0.261 e. The Kier molecular flexibility index (Phi) is 5.50. The quantitative estimate of drug-likeness (QED) is 0.443. The number of nitrogens with one attached hydrogen (secondary N) is 2. The van der Waals surface area contributed by atoms with Crippen LogP contribution >= 0.6 is 11.3 Å². The Labute approximate surface area is 188 Å². The molecule has 11 heteroatoms. The Hall–Kier alpha value is -3.44. The Morgan fingerprint density at radius 2 is 2.31 bits per heavy atom. The SMILES string of the molecule is CCNC(=O)c1cc(Nc2nc(OC3CCOC3)c3c(ccn3-c3cnn(C)c3)n2)cs1. The summed E-state index contributed by atoms with van der Waals surface area (Å²) in [4.78, 5) is 22.0. The number of carbonyl (C=O) groups is 1. The third-order valence-corrected chi connectivity index (χ3v) is 5.98. The zero-order valence-electron chi connectivity index (χ0n) is 17.7. The molecule has 1 atom stereocenters. The number of aromatic nitrogens is 5. The second kappa shape index (κ2) is 8.60. The Bertz CT molecular complexity index is 1260. The van der Waals surface area contributed by atoms with Gasteiger partial charge in [0.1, 0.15) is 11.6 Å². The van der Waals surface area contributed by atoms with E-state index in [0.29, 0.717) is 36.5 Å². The number of hydrogen-bond donors (Lipinski definition) is 2. The van der Waals surface area contributed by atoms with Crippen molar-refractivity contribution in [3.63, 3.8) is 0 Å². The lowest BCUT2D eigenvalue weighted by Gasteiger charge is -2.14. The van der Waals surface area contributed by atoms with Gasteiger partial charge in [0.15, 0.2) is 0 Å². The zero-order valence-corrected chi connectivity index (χ0v) is 18.6. The largest absolute Gasteiger partial charge is 0.470 e. The van der Waals surface area contributed by atoms with Gasteiger partial charge in [-0.15, -0.1) is 11.3 Å². The molecule has 1 amide bonds. The molecular formula is C21H23N7O3S. The van der Waals surface area contributed by atoms with Crippen LogP contribution in [0, 0.1) is 0 Å². The summed E-state index contributed by atoms with van der Waals surface area (Å²) in [6.45, 7) is 3.68. The summed E-state index contributed by atoms with van der Waals surface area (Å²) in [6.07, 6.45) is 6.37. The standard InChI is InChI=1S/C21H23N7O3S/c1-3-22-19(29)17-8-13(12-32-17)24-21-25-16-4-6-28(14-9-23-27(2)10-14)18(16)20(26-21)31-15-5-7-30-11-15/h4,6,8-10,12,15H,3,5,7,11H2,1-2H3,(H,22,29)(H,24,25,26). The van der Waals surface area contributed by atoms with E-state index < -0.39 is 0 Å². The number of rotatable bonds is 7. The van der Waals surface area contributed by atoms with Crippen molar-refractivity contribution in [2.45, 2.75) is 19.4 Å². The maximum absolute atomic E-state index is 12.1. The van der Waals surface area contributed by atoms with Crippen LogP contribution in [0.25, 0.3) is 16.7 Å². The number of amides is 1. The highest BCUT2D eigenvalue weighted by Crippen LogP contribution is 2.31. The van der Waals surface area contributed by atoms with E-state index in [4.69, 9.17) is 9.47 Å². The van der Waals surface area contributed by atoms with Gasteiger partial charge in [-0.3, -0.25) is 9.48 Å². The fourth-order valence-corrected chi connectivity index (χ4v) is 4.32. The number of aryl methyl sites for hydroxylation is 1. The van der Waals surface area contributed by atoms with Crippen LogP contribution < -0.4 is 15.4 Å². The molecule has 166 valence electrons. The number of nitrogens with zero attached hydrogens (tertiary/aromatic N) is 5. The number of hydrogen-bond acceptors (Lipinski definition) is 8. The molecule has 32 heavy (non-hydrogen) atoms. The Balaban J connectivity index is 1.51. The molecule has 0 spiro atoms. The summed E-state index contributed by atoms with van der Waals surface area (Å²) in [6, 6.07) is 3.70. The van der Waals surface area contributed by atoms with Crippen molar-refractivity contribution in [1.82, 2.24) is 29.6 Å². The second-order valence-corrected chi connectivity index (χ2v) is 8.34. The maximum Gasteiger partial charge on any atom is 0.261 e. The van der Waals surface area contributed by atoms with E-state index in [2.05, 4.69) is 25.7 Å². The summed E-state index contributed by atoms with van der Waals surface area (Å²) in [7, 11) is 1.87. The molecule has 0 saturated carbocycles. The van der Waals surface area contributed by atoms with Gasteiger partial charge in [-0.2, -0.15) is 10.1 Å². The van der Waals surface area contributed by atoms with Crippen molar-refractivity contribution in [1.29, 1.82) is 0 Å². The number of thiophene rings is 1. The Morgan fingerprint density at radius 3 is 3.06 bits per heavy atom. The van der Waals surface area contributed by atoms with Crippen LogP contribution in [-0.2, 0) is 11.8 Å². The van der Waals surface area contributed by atoms with Gasteiger partial charge in [-0.1, -0.05) is 0 Å². The van der Waals surface area contributed by atoms with E-state index in [9.17, 15) is 4.79 Å². The summed E-state index contributed by atoms with van der Waals surface area (Å²) < 4.78 is 15.4. The van der Waals surface area contributed by atoms with Crippen LogP contribution in [0.1, 0.15) is 23.0 Å². The highest BCUT2D eigenvalue weighted by Gasteiger charge is 2.22. The molecule has 1 aliphatic heterocycles. The fourth-order valence-electron chi connectivity index (χ4n) is 3.56. The van der Waals surface area contributed by atoms with Crippen molar-refractivity contribution in [3.05, 3.63) is 41.0 Å². The lowest BCUT2D eigenvalue weighted by molar-refractivity contribution is 0.0960. The van der Waals surface area contributed by atoms with Crippen LogP contribution in [-0.4, -0.2) is 56.1 Å². The van der Waals surface area contributed by atoms with Gasteiger partial charge in [0, 0.05) is 37.8 Å². The monoisotopic (exact) mass is 453 g/mol. The van der Waals surface area contributed by atoms with Gasteiger partial charge in [0.2, 0.25) is 11.8 Å². The van der Waals surface area contributed by atoms with Gasteiger partial charge < -0.3 is 24.7 Å². The third-order valence-electron chi connectivity index (χ3n) is 5.05. The van der Waals surface area contributed by atoms with Crippen molar-refractivity contribution in [2.75, 3.05) is 25.1 Å². The zero-order chi connectivity index (χ0) is 22.1. The fraction of sp³-hybridized carbons (Fsp3) is 0.333. The maximum atomic E-state index is 12.1. The molecule has 2 N–H and O–H groups in total. The number of ether oxygens (including phenoxy) is 2. The van der Waals surface area contributed by atoms with Gasteiger partial charge >= 0.3 is 0 Å². The molecule has 4 aromatic rings. The van der Waals surface area contributed by atoms with Crippen LogP contribution in [0.5, 0.6) is 5.88 Å². The first-order chi connectivity index (χ1) is 15.6. The van der Waals surface area contributed by atoms with Crippen molar-refractivity contribution in [2.24, 2.45) is 7.05 Å². The van der Waals surface area contributed by atoms with Crippen molar-refractivity contribution >= 4 is 39.9 Å². The molecule has 1 saturated heterocycles. The molecule has 1 fully saturated rings. The highest BCUT2D eigenvalue weighted by molar-refractivity contribution is 7.12. The first kappa shape index (κ1) is 20.5. The molecule has 0 radical (unpaired) electrons. The topological polar surface area (TPSA) is 108 Å². The molecule has 5 heterocycles. The molecule has 0 aromatic carbocycles. The van der Waals surface area contributed by atoms with Crippen molar-refractivity contribution < 1.29 is 14.3 Å². The van der Waals surface area contributed by atoms with Crippen molar-refractivity contribution in [3.8, 4) is 11.6 Å². The third kappa shape index (κ3) is 4.04. The average Bonchev–Trinajstić information content (AvgIpc) is 3.55. The highest BCUT2D eigenvalue weighted by atomic mass is 32.1. The Morgan fingerprint density at radius 1 is 1.41 bits per heavy atom. The lowest BCUT2D eigenvalue weighted by Crippen LogP contribution is -2.21. The second-order valence-electron chi connectivity index (χ2n) is 7.43.